The first-order chi connectivity index (χ1) is 8.83. The second kappa shape index (κ2) is 5.45. The fourth-order valence-electron chi connectivity index (χ4n) is 3.29. The molecule has 0 aromatic carbocycles. The van der Waals surface area contributed by atoms with Gasteiger partial charge in [0.2, 0.25) is 0 Å². The molecule has 100 valence electrons. The largest absolute Gasteiger partial charge is 0.468 e. The first kappa shape index (κ1) is 12.2. The van der Waals surface area contributed by atoms with Gasteiger partial charge in [-0.05, 0) is 56.8 Å². The average Bonchev–Trinajstić information content (AvgIpc) is 2.99. The van der Waals surface area contributed by atoms with Crippen LogP contribution in [0.4, 0.5) is 0 Å². The molecule has 3 heteroatoms. The molecule has 0 bridgehead atoms. The SMILES string of the molecule is CC1CC(NCC(c2ccco2)N2CCCC2)C1. The molecule has 18 heavy (non-hydrogen) atoms. The van der Waals surface area contributed by atoms with Gasteiger partial charge in [0.1, 0.15) is 5.76 Å². The van der Waals surface area contributed by atoms with Crippen molar-refractivity contribution in [2.24, 2.45) is 5.92 Å². The van der Waals surface area contributed by atoms with E-state index in [-0.39, 0.29) is 0 Å². The van der Waals surface area contributed by atoms with Gasteiger partial charge in [0, 0.05) is 12.6 Å². The topological polar surface area (TPSA) is 28.4 Å². The van der Waals surface area contributed by atoms with E-state index in [1.165, 1.54) is 38.8 Å². The van der Waals surface area contributed by atoms with Crippen molar-refractivity contribution in [3.63, 3.8) is 0 Å². The molecule has 1 saturated carbocycles. The second-order valence-electron chi connectivity index (χ2n) is 5.96. The summed E-state index contributed by atoms with van der Waals surface area (Å²) in [6.07, 6.45) is 7.13. The Morgan fingerprint density at radius 3 is 2.78 bits per heavy atom. The number of hydrogen-bond donors (Lipinski definition) is 1. The van der Waals surface area contributed by atoms with E-state index in [0.29, 0.717) is 6.04 Å². The monoisotopic (exact) mass is 248 g/mol. The zero-order chi connectivity index (χ0) is 12.4. The number of likely N-dealkylation sites (tertiary alicyclic amines) is 1. The third-order valence-corrected chi connectivity index (χ3v) is 4.43. The van der Waals surface area contributed by atoms with E-state index in [9.17, 15) is 0 Å². The van der Waals surface area contributed by atoms with Crippen LogP contribution in [0.1, 0.15) is 44.4 Å². The van der Waals surface area contributed by atoms with Crippen LogP contribution in [0.2, 0.25) is 0 Å². The molecule has 3 rings (SSSR count). The Bertz CT molecular complexity index is 351. The van der Waals surface area contributed by atoms with Crippen LogP contribution in [0.25, 0.3) is 0 Å². The number of rotatable bonds is 5. The van der Waals surface area contributed by atoms with Crippen molar-refractivity contribution >= 4 is 0 Å². The van der Waals surface area contributed by atoms with Crippen LogP contribution in [-0.4, -0.2) is 30.6 Å². The third-order valence-electron chi connectivity index (χ3n) is 4.43. The summed E-state index contributed by atoms with van der Waals surface area (Å²) in [5.74, 6) is 2.04. The molecule has 1 unspecified atom stereocenters. The minimum atomic E-state index is 0.429. The molecule has 1 aromatic rings. The predicted octanol–water partition coefficient (Wildman–Crippen LogP) is 2.80. The Kier molecular flexibility index (Phi) is 3.71. The van der Waals surface area contributed by atoms with Crippen molar-refractivity contribution in [1.29, 1.82) is 0 Å². The van der Waals surface area contributed by atoms with Crippen LogP contribution >= 0.6 is 0 Å². The molecule has 2 aliphatic rings. The summed E-state index contributed by atoms with van der Waals surface area (Å²) in [6, 6.07) is 5.29. The van der Waals surface area contributed by atoms with Crippen LogP contribution in [0.15, 0.2) is 22.8 Å². The fraction of sp³-hybridized carbons (Fsp3) is 0.733. The van der Waals surface area contributed by atoms with Gasteiger partial charge in [0.25, 0.3) is 0 Å². The van der Waals surface area contributed by atoms with Crippen LogP contribution < -0.4 is 5.32 Å². The molecule has 0 spiro atoms. The zero-order valence-corrected chi connectivity index (χ0v) is 11.3. The standard InChI is InChI=1S/C15H24N2O/c1-12-9-13(10-12)16-11-14(15-5-4-8-18-15)17-6-2-3-7-17/h4-5,8,12-14,16H,2-3,6-7,9-11H2,1H3. The zero-order valence-electron chi connectivity index (χ0n) is 11.3. The number of furan rings is 1. The Morgan fingerprint density at radius 2 is 2.17 bits per heavy atom. The lowest BCUT2D eigenvalue weighted by Gasteiger charge is -2.36. The molecule has 1 atom stereocenters. The van der Waals surface area contributed by atoms with Gasteiger partial charge in [-0.2, -0.15) is 0 Å². The highest BCUT2D eigenvalue weighted by atomic mass is 16.3. The molecule has 3 nitrogen and oxygen atoms in total. The van der Waals surface area contributed by atoms with Gasteiger partial charge < -0.3 is 9.73 Å². The van der Waals surface area contributed by atoms with E-state index in [1.54, 1.807) is 6.26 Å². The van der Waals surface area contributed by atoms with Gasteiger partial charge in [-0.25, -0.2) is 0 Å². The molecule has 1 aliphatic carbocycles. The number of nitrogens with one attached hydrogen (secondary N) is 1. The summed E-state index contributed by atoms with van der Waals surface area (Å²) in [7, 11) is 0. The second-order valence-corrected chi connectivity index (χ2v) is 5.96. The van der Waals surface area contributed by atoms with Gasteiger partial charge >= 0.3 is 0 Å². The van der Waals surface area contributed by atoms with Crippen LogP contribution in [0.3, 0.4) is 0 Å². The normalized spacial score (nSPS) is 30.3. The average molecular weight is 248 g/mol. The summed E-state index contributed by atoms with van der Waals surface area (Å²) in [4.78, 5) is 2.56. The van der Waals surface area contributed by atoms with Crippen molar-refractivity contribution < 1.29 is 4.42 Å². The molecule has 2 fully saturated rings. The summed E-state index contributed by atoms with van der Waals surface area (Å²) >= 11 is 0. The third kappa shape index (κ3) is 2.62. The molecule has 2 heterocycles. The van der Waals surface area contributed by atoms with Gasteiger partial charge in [-0.3, -0.25) is 4.90 Å². The molecule has 1 N–H and O–H groups in total. The maximum Gasteiger partial charge on any atom is 0.122 e. The molecule has 0 radical (unpaired) electrons. The predicted molar refractivity (Wildman–Crippen MR) is 72.4 cm³/mol. The molecular weight excluding hydrogens is 224 g/mol. The Hall–Kier alpha value is -0.800. The summed E-state index contributed by atoms with van der Waals surface area (Å²) in [5, 5.41) is 3.71. The Morgan fingerprint density at radius 1 is 1.39 bits per heavy atom. The molecule has 1 aromatic heterocycles. The van der Waals surface area contributed by atoms with Gasteiger partial charge in [0.15, 0.2) is 0 Å². The maximum atomic E-state index is 5.63. The van der Waals surface area contributed by atoms with Crippen LogP contribution in [0.5, 0.6) is 0 Å². The van der Waals surface area contributed by atoms with Crippen molar-refractivity contribution in [3.05, 3.63) is 24.2 Å². The van der Waals surface area contributed by atoms with Crippen molar-refractivity contribution in [2.75, 3.05) is 19.6 Å². The van der Waals surface area contributed by atoms with Crippen molar-refractivity contribution in [2.45, 2.75) is 44.7 Å². The van der Waals surface area contributed by atoms with E-state index < -0.39 is 0 Å². The fourth-order valence-corrected chi connectivity index (χ4v) is 3.29. The highest BCUT2D eigenvalue weighted by molar-refractivity contribution is 5.06. The minimum absolute atomic E-state index is 0.429. The van der Waals surface area contributed by atoms with E-state index in [4.69, 9.17) is 4.42 Å². The lowest BCUT2D eigenvalue weighted by Crippen LogP contribution is -2.44. The highest BCUT2D eigenvalue weighted by Crippen LogP contribution is 2.29. The first-order valence-corrected chi connectivity index (χ1v) is 7.34. The van der Waals surface area contributed by atoms with Crippen LogP contribution in [-0.2, 0) is 0 Å². The molecule has 1 saturated heterocycles. The quantitative estimate of drug-likeness (QED) is 0.868. The van der Waals surface area contributed by atoms with Gasteiger partial charge in [0.05, 0.1) is 12.3 Å². The Labute approximate surface area is 110 Å². The first-order valence-electron chi connectivity index (χ1n) is 7.34. The smallest absolute Gasteiger partial charge is 0.122 e. The lowest BCUT2D eigenvalue weighted by molar-refractivity contribution is 0.177. The summed E-state index contributed by atoms with van der Waals surface area (Å²) in [5.41, 5.74) is 0. The molecular formula is C15H24N2O. The highest BCUT2D eigenvalue weighted by Gasteiger charge is 2.29. The van der Waals surface area contributed by atoms with Crippen molar-refractivity contribution in [3.8, 4) is 0 Å². The van der Waals surface area contributed by atoms with E-state index >= 15 is 0 Å². The van der Waals surface area contributed by atoms with Gasteiger partial charge in [-0.15, -0.1) is 0 Å². The van der Waals surface area contributed by atoms with Crippen molar-refractivity contribution in [1.82, 2.24) is 10.2 Å². The molecule has 0 amide bonds. The minimum Gasteiger partial charge on any atom is -0.468 e. The van der Waals surface area contributed by atoms with Gasteiger partial charge in [-0.1, -0.05) is 6.92 Å². The Balaban J connectivity index is 1.58. The molecule has 1 aliphatic heterocycles. The van der Waals surface area contributed by atoms with E-state index in [0.717, 1.165) is 24.3 Å². The lowest BCUT2D eigenvalue weighted by atomic mass is 9.82. The number of nitrogens with zero attached hydrogens (tertiary/aromatic N) is 1. The van der Waals surface area contributed by atoms with E-state index in [1.807, 2.05) is 6.07 Å². The van der Waals surface area contributed by atoms with Crippen LogP contribution in [0, 0.1) is 5.92 Å². The summed E-state index contributed by atoms with van der Waals surface area (Å²) in [6.45, 7) is 5.80. The van der Waals surface area contributed by atoms with E-state index in [2.05, 4.69) is 23.2 Å². The summed E-state index contributed by atoms with van der Waals surface area (Å²) < 4.78 is 5.63. The number of hydrogen-bond acceptors (Lipinski definition) is 3. The maximum absolute atomic E-state index is 5.63.